The van der Waals surface area contributed by atoms with Crippen molar-refractivity contribution >= 4 is 29.1 Å². The fraction of sp³-hybridized carbons (Fsp3) is 0.0833. The third-order valence-corrected chi connectivity index (χ3v) is 5.79. The van der Waals surface area contributed by atoms with E-state index in [0.717, 1.165) is 5.56 Å². The van der Waals surface area contributed by atoms with E-state index < -0.39 is 5.82 Å². The lowest BCUT2D eigenvalue weighted by Crippen LogP contribution is -2.11. The zero-order chi connectivity index (χ0) is 22.5. The van der Waals surface area contributed by atoms with Crippen LogP contribution in [-0.2, 0) is 7.05 Å². The van der Waals surface area contributed by atoms with Gasteiger partial charge in [-0.25, -0.2) is 4.39 Å². The number of nitrogens with zero attached hydrogens (tertiary/aromatic N) is 3. The molecule has 0 spiro atoms. The predicted molar refractivity (Wildman–Crippen MR) is 122 cm³/mol. The van der Waals surface area contributed by atoms with Crippen LogP contribution in [0, 0.1) is 5.82 Å². The van der Waals surface area contributed by atoms with Crippen LogP contribution in [0.1, 0.15) is 20.7 Å². The maximum atomic E-state index is 13.0. The summed E-state index contributed by atoms with van der Waals surface area (Å²) in [5, 5.41) is 11.9. The Bertz CT molecular complexity index is 1240. The first kappa shape index (κ1) is 21.5. The standard InChI is InChI=1S/C24H19FN4O2S/c1-29-22(27-28-24(29)32-15-21(30)16-5-3-2-4-6-16)17-9-13-20(14-10-17)26-23(31)18-7-11-19(25)12-8-18/h2-14H,15H2,1H3,(H,26,31). The number of thioether (sulfide) groups is 1. The highest BCUT2D eigenvalue weighted by molar-refractivity contribution is 7.99. The van der Waals surface area contributed by atoms with Gasteiger partial charge in [0.2, 0.25) is 0 Å². The molecule has 1 amide bonds. The molecule has 0 bridgehead atoms. The van der Waals surface area contributed by atoms with Crippen molar-refractivity contribution in [2.24, 2.45) is 7.05 Å². The van der Waals surface area contributed by atoms with Gasteiger partial charge in [-0.05, 0) is 48.5 Å². The van der Waals surface area contributed by atoms with Crippen LogP contribution in [0.3, 0.4) is 0 Å². The van der Waals surface area contributed by atoms with Crippen molar-refractivity contribution in [3.05, 3.63) is 95.8 Å². The Labute approximate surface area is 188 Å². The number of nitrogens with one attached hydrogen (secondary N) is 1. The van der Waals surface area contributed by atoms with E-state index in [0.29, 0.717) is 27.8 Å². The Morgan fingerprint density at radius 2 is 1.59 bits per heavy atom. The second-order valence-electron chi connectivity index (χ2n) is 6.98. The fourth-order valence-electron chi connectivity index (χ4n) is 3.04. The third-order valence-electron chi connectivity index (χ3n) is 4.77. The molecule has 1 aromatic heterocycles. The predicted octanol–water partition coefficient (Wildman–Crippen LogP) is 4.85. The molecule has 3 aromatic carbocycles. The van der Waals surface area contributed by atoms with Gasteiger partial charge in [0.05, 0.1) is 5.75 Å². The number of aromatic nitrogens is 3. The number of carbonyl (C=O) groups excluding carboxylic acids is 2. The molecule has 6 nitrogen and oxygen atoms in total. The van der Waals surface area contributed by atoms with Gasteiger partial charge in [-0.1, -0.05) is 42.1 Å². The normalized spacial score (nSPS) is 10.7. The molecule has 4 aromatic rings. The van der Waals surface area contributed by atoms with Gasteiger partial charge >= 0.3 is 0 Å². The van der Waals surface area contributed by atoms with Gasteiger partial charge in [-0.2, -0.15) is 0 Å². The molecular formula is C24H19FN4O2S. The average Bonchev–Trinajstić information content (AvgIpc) is 3.19. The Morgan fingerprint density at radius 1 is 0.906 bits per heavy atom. The van der Waals surface area contributed by atoms with Gasteiger partial charge in [-0.3, -0.25) is 9.59 Å². The summed E-state index contributed by atoms with van der Waals surface area (Å²) < 4.78 is 14.8. The molecule has 0 fully saturated rings. The van der Waals surface area contributed by atoms with Crippen molar-refractivity contribution in [3.63, 3.8) is 0 Å². The molecule has 0 aliphatic rings. The van der Waals surface area contributed by atoms with Crippen LogP contribution >= 0.6 is 11.8 Å². The van der Waals surface area contributed by atoms with Gasteiger partial charge in [-0.15, -0.1) is 10.2 Å². The largest absolute Gasteiger partial charge is 0.322 e. The summed E-state index contributed by atoms with van der Waals surface area (Å²) in [5.74, 6) is 0.233. The first-order valence-electron chi connectivity index (χ1n) is 9.79. The van der Waals surface area contributed by atoms with Crippen LogP contribution < -0.4 is 5.32 Å². The molecule has 0 unspecified atom stereocenters. The number of rotatable bonds is 7. The quantitative estimate of drug-likeness (QED) is 0.324. The molecule has 0 atom stereocenters. The van der Waals surface area contributed by atoms with Gasteiger partial charge in [0.25, 0.3) is 5.91 Å². The van der Waals surface area contributed by atoms with Gasteiger partial charge in [0.15, 0.2) is 16.8 Å². The molecule has 1 heterocycles. The maximum absolute atomic E-state index is 13.0. The molecule has 0 saturated heterocycles. The van der Waals surface area contributed by atoms with Crippen molar-refractivity contribution in [2.75, 3.05) is 11.1 Å². The Balaban J connectivity index is 1.41. The molecular weight excluding hydrogens is 427 g/mol. The van der Waals surface area contributed by atoms with Crippen LogP contribution in [0.4, 0.5) is 10.1 Å². The highest BCUT2D eigenvalue weighted by Gasteiger charge is 2.14. The summed E-state index contributed by atoms with van der Waals surface area (Å²) in [6, 6.07) is 21.7. The Morgan fingerprint density at radius 3 is 2.28 bits per heavy atom. The highest BCUT2D eigenvalue weighted by Crippen LogP contribution is 2.24. The molecule has 4 rings (SSSR count). The zero-order valence-corrected chi connectivity index (χ0v) is 18.0. The number of ketones is 1. The number of hydrogen-bond acceptors (Lipinski definition) is 5. The van der Waals surface area contributed by atoms with Gasteiger partial charge < -0.3 is 9.88 Å². The van der Waals surface area contributed by atoms with E-state index in [1.165, 1.54) is 36.0 Å². The van der Waals surface area contributed by atoms with Crippen LogP contribution in [0.2, 0.25) is 0 Å². The van der Waals surface area contributed by atoms with E-state index >= 15 is 0 Å². The monoisotopic (exact) mass is 446 g/mol. The van der Waals surface area contributed by atoms with E-state index in [2.05, 4.69) is 15.5 Å². The zero-order valence-electron chi connectivity index (χ0n) is 17.2. The van der Waals surface area contributed by atoms with Crippen LogP contribution in [-0.4, -0.2) is 32.2 Å². The number of halogens is 1. The van der Waals surface area contributed by atoms with Gasteiger partial charge in [0, 0.05) is 29.4 Å². The summed E-state index contributed by atoms with van der Waals surface area (Å²) >= 11 is 1.33. The minimum Gasteiger partial charge on any atom is -0.322 e. The lowest BCUT2D eigenvalue weighted by Gasteiger charge is -2.07. The first-order chi connectivity index (χ1) is 15.5. The molecule has 32 heavy (non-hydrogen) atoms. The lowest BCUT2D eigenvalue weighted by atomic mass is 10.1. The smallest absolute Gasteiger partial charge is 0.255 e. The third kappa shape index (κ3) is 4.92. The van der Waals surface area contributed by atoms with Crippen LogP contribution in [0.25, 0.3) is 11.4 Å². The second kappa shape index (κ2) is 9.57. The highest BCUT2D eigenvalue weighted by atomic mass is 32.2. The lowest BCUT2D eigenvalue weighted by molar-refractivity contribution is 0.101. The number of amides is 1. The van der Waals surface area contributed by atoms with Gasteiger partial charge in [0.1, 0.15) is 5.82 Å². The SMILES string of the molecule is Cn1c(SCC(=O)c2ccccc2)nnc1-c1ccc(NC(=O)c2ccc(F)cc2)cc1. The van der Waals surface area contributed by atoms with E-state index in [9.17, 15) is 14.0 Å². The number of anilines is 1. The molecule has 0 aliphatic heterocycles. The van der Waals surface area contributed by atoms with E-state index in [1.54, 1.807) is 24.3 Å². The van der Waals surface area contributed by atoms with Crippen LogP contribution in [0.15, 0.2) is 84.0 Å². The summed E-state index contributed by atoms with van der Waals surface area (Å²) in [6.45, 7) is 0. The first-order valence-corrected chi connectivity index (χ1v) is 10.8. The van der Waals surface area contributed by atoms with E-state index in [4.69, 9.17) is 0 Å². The van der Waals surface area contributed by atoms with Crippen molar-refractivity contribution in [1.82, 2.24) is 14.8 Å². The Kier molecular flexibility index (Phi) is 6.42. The summed E-state index contributed by atoms with van der Waals surface area (Å²) in [6.07, 6.45) is 0. The van der Waals surface area contributed by atoms with Crippen molar-refractivity contribution in [2.45, 2.75) is 5.16 Å². The number of carbonyl (C=O) groups is 2. The van der Waals surface area contributed by atoms with E-state index in [-0.39, 0.29) is 17.4 Å². The fourth-order valence-corrected chi connectivity index (χ4v) is 3.84. The van der Waals surface area contributed by atoms with Crippen molar-refractivity contribution in [1.29, 1.82) is 0 Å². The Hall–Kier alpha value is -3.78. The van der Waals surface area contributed by atoms with Crippen molar-refractivity contribution in [3.8, 4) is 11.4 Å². The molecule has 0 radical (unpaired) electrons. The summed E-state index contributed by atoms with van der Waals surface area (Å²) in [7, 11) is 1.84. The summed E-state index contributed by atoms with van der Waals surface area (Å²) in [4.78, 5) is 24.6. The number of Topliss-reactive ketones (excluding diaryl/α,β-unsaturated/α-hetero) is 1. The second-order valence-corrected chi connectivity index (χ2v) is 7.92. The summed E-state index contributed by atoms with van der Waals surface area (Å²) in [5.41, 5.74) is 2.46. The molecule has 0 saturated carbocycles. The molecule has 1 N–H and O–H groups in total. The minimum absolute atomic E-state index is 0.0291. The van der Waals surface area contributed by atoms with Crippen LogP contribution in [0.5, 0.6) is 0 Å². The molecule has 160 valence electrons. The maximum Gasteiger partial charge on any atom is 0.255 e. The molecule has 8 heteroatoms. The topological polar surface area (TPSA) is 76.9 Å². The van der Waals surface area contributed by atoms with Crippen molar-refractivity contribution < 1.29 is 14.0 Å². The van der Waals surface area contributed by atoms with E-state index in [1.807, 2.05) is 41.9 Å². The minimum atomic E-state index is -0.392. The number of hydrogen-bond donors (Lipinski definition) is 1. The molecule has 0 aliphatic carbocycles. The number of benzene rings is 3. The average molecular weight is 447 g/mol.